The zero-order valence-corrected chi connectivity index (χ0v) is 21.7. The van der Waals surface area contributed by atoms with Gasteiger partial charge in [-0.15, -0.1) is 0 Å². The molecule has 0 unspecified atom stereocenters. The molecule has 2 aliphatic heterocycles. The molecule has 0 bridgehead atoms. The van der Waals surface area contributed by atoms with E-state index in [0.717, 1.165) is 42.9 Å². The lowest BCUT2D eigenvalue weighted by Gasteiger charge is -2.37. The van der Waals surface area contributed by atoms with E-state index in [1.54, 1.807) is 23.1 Å². The molecule has 3 aromatic carbocycles. The Balaban J connectivity index is 1.31. The average molecular weight is 512 g/mol. The van der Waals surface area contributed by atoms with Gasteiger partial charge in [0.1, 0.15) is 0 Å². The van der Waals surface area contributed by atoms with Crippen molar-refractivity contribution in [3.63, 3.8) is 0 Å². The lowest BCUT2D eigenvalue weighted by Crippen LogP contribution is -2.50. The van der Waals surface area contributed by atoms with Crippen LogP contribution in [0.25, 0.3) is 0 Å². The molecular weight excluding hydrogens is 478 g/mol. The van der Waals surface area contributed by atoms with Crippen LogP contribution in [0.4, 0.5) is 21.9 Å². The molecule has 4 amide bonds. The molecular formula is C30H33N5O3. The van der Waals surface area contributed by atoms with Gasteiger partial charge in [0.2, 0.25) is 0 Å². The van der Waals surface area contributed by atoms with Gasteiger partial charge in [-0.3, -0.25) is 9.59 Å². The van der Waals surface area contributed by atoms with Gasteiger partial charge in [-0.1, -0.05) is 30.3 Å². The second-order valence-corrected chi connectivity index (χ2v) is 9.83. The van der Waals surface area contributed by atoms with E-state index >= 15 is 0 Å². The summed E-state index contributed by atoms with van der Waals surface area (Å²) in [4.78, 5) is 44.9. The van der Waals surface area contributed by atoms with E-state index in [0.29, 0.717) is 43.0 Å². The lowest BCUT2D eigenvalue weighted by atomic mass is 10.1. The molecule has 196 valence electrons. The number of piperazine rings is 1. The van der Waals surface area contributed by atoms with E-state index in [2.05, 4.69) is 15.5 Å². The summed E-state index contributed by atoms with van der Waals surface area (Å²) in [6, 6.07) is 22.2. The third kappa shape index (κ3) is 5.80. The van der Waals surface area contributed by atoms with Gasteiger partial charge >= 0.3 is 6.03 Å². The minimum atomic E-state index is -0.217. The molecule has 2 saturated heterocycles. The molecule has 0 aliphatic carbocycles. The van der Waals surface area contributed by atoms with Crippen molar-refractivity contribution in [3.05, 3.63) is 89.5 Å². The second-order valence-electron chi connectivity index (χ2n) is 9.83. The number of rotatable bonds is 5. The number of aryl methyl sites for hydroxylation is 1. The summed E-state index contributed by atoms with van der Waals surface area (Å²) in [7, 11) is 0. The highest BCUT2D eigenvalue weighted by Gasteiger charge is 2.27. The van der Waals surface area contributed by atoms with Crippen LogP contribution in [0.5, 0.6) is 0 Å². The largest absolute Gasteiger partial charge is 0.367 e. The van der Waals surface area contributed by atoms with Crippen molar-refractivity contribution in [2.45, 2.75) is 19.8 Å². The van der Waals surface area contributed by atoms with Gasteiger partial charge in [0.25, 0.3) is 11.8 Å². The van der Waals surface area contributed by atoms with Crippen LogP contribution in [0.2, 0.25) is 0 Å². The fourth-order valence-electron chi connectivity index (χ4n) is 5.02. The van der Waals surface area contributed by atoms with Crippen molar-refractivity contribution in [1.29, 1.82) is 0 Å². The summed E-state index contributed by atoms with van der Waals surface area (Å²) >= 11 is 0. The van der Waals surface area contributed by atoms with Crippen LogP contribution < -0.4 is 15.5 Å². The smallest absolute Gasteiger partial charge is 0.321 e. The van der Waals surface area contributed by atoms with Gasteiger partial charge in [-0.05, 0) is 67.8 Å². The molecule has 2 fully saturated rings. The number of benzene rings is 3. The van der Waals surface area contributed by atoms with E-state index in [-0.39, 0.29) is 17.8 Å². The molecule has 0 atom stereocenters. The van der Waals surface area contributed by atoms with Crippen molar-refractivity contribution in [2.75, 3.05) is 54.8 Å². The van der Waals surface area contributed by atoms with Crippen LogP contribution in [0.3, 0.4) is 0 Å². The third-order valence-corrected chi connectivity index (χ3v) is 7.09. The normalized spacial score (nSPS) is 15.3. The van der Waals surface area contributed by atoms with Crippen LogP contribution >= 0.6 is 0 Å². The zero-order chi connectivity index (χ0) is 26.5. The summed E-state index contributed by atoms with van der Waals surface area (Å²) in [6.45, 7) is 5.78. The predicted molar refractivity (Wildman–Crippen MR) is 150 cm³/mol. The zero-order valence-electron chi connectivity index (χ0n) is 21.7. The summed E-state index contributed by atoms with van der Waals surface area (Å²) < 4.78 is 0. The molecule has 8 heteroatoms. The first-order valence-corrected chi connectivity index (χ1v) is 13.2. The highest BCUT2D eigenvalue weighted by Crippen LogP contribution is 2.28. The number of hydrogen-bond acceptors (Lipinski definition) is 4. The van der Waals surface area contributed by atoms with Crippen LogP contribution in [-0.4, -0.2) is 66.9 Å². The predicted octanol–water partition coefficient (Wildman–Crippen LogP) is 4.84. The van der Waals surface area contributed by atoms with Crippen molar-refractivity contribution >= 4 is 34.9 Å². The molecule has 0 aromatic heterocycles. The Labute approximate surface area is 223 Å². The Hall–Kier alpha value is -4.33. The number of nitrogens with zero attached hydrogens (tertiary/aromatic N) is 3. The monoisotopic (exact) mass is 511 g/mol. The molecule has 8 nitrogen and oxygen atoms in total. The van der Waals surface area contributed by atoms with Crippen LogP contribution in [-0.2, 0) is 0 Å². The number of hydrogen-bond donors (Lipinski definition) is 2. The summed E-state index contributed by atoms with van der Waals surface area (Å²) in [5.74, 6) is -0.237. The van der Waals surface area contributed by atoms with E-state index in [1.807, 2.05) is 66.4 Å². The summed E-state index contributed by atoms with van der Waals surface area (Å²) in [5, 5.41) is 5.91. The average Bonchev–Trinajstić information content (AvgIpc) is 3.48. The Bertz CT molecular complexity index is 1310. The fourth-order valence-corrected chi connectivity index (χ4v) is 5.02. The number of urea groups is 1. The first kappa shape index (κ1) is 25.3. The lowest BCUT2D eigenvalue weighted by molar-refractivity contribution is 0.0792. The minimum absolute atomic E-state index is 0.0204. The van der Waals surface area contributed by atoms with Gasteiger partial charge < -0.3 is 25.3 Å². The van der Waals surface area contributed by atoms with E-state index in [1.165, 1.54) is 0 Å². The molecule has 0 saturated carbocycles. The second kappa shape index (κ2) is 11.4. The highest BCUT2D eigenvalue weighted by atomic mass is 16.2. The molecule has 2 heterocycles. The SMILES string of the molecule is Cc1cccc(NC(=O)N2CCN(c3ccc(NC(=O)c4ccccc4)cc3C(=O)N3CCCC3)CC2)c1. The van der Waals surface area contributed by atoms with Gasteiger partial charge in [0.05, 0.1) is 5.56 Å². The number of nitrogens with one attached hydrogen (secondary N) is 2. The third-order valence-electron chi connectivity index (χ3n) is 7.09. The van der Waals surface area contributed by atoms with Crippen molar-refractivity contribution < 1.29 is 14.4 Å². The number of carbonyl (C=O) groups is 3. The van der Waals surface area contributed by atoms with Gasteiger partial charge in [-0.2, -0.15) is 0 Å². The van der Waals surface area contributed by atoms with Gasteiger partial charge in [0, 0.05) is 61.9 Å². The highest BCUT2D eigenvalue weighted by molar-refractivity contribution is 6.06. The van der Waals surface area contributed by atoms with E-state index in [4.69, 9.17) is 0 Å². The van der Waals surface area contributed by atoms with E-state index in [9.17, 15) is 14.4 Å². The maximum absolute atomic E-state index is 13.5. The molecule has 5 rings (SSSR count). The van der Waals surface area contributed by atoms with Crippen LogP contribution in [0, 0.1) is 6.92 Å². The maximum Gasteiger partial charge on any atom is 0.321 e. The first-order valence-electron chi connectivity index (χ1n) is 13.2. The number of anilines is 3. The Kier molecular flexibility index (Phi) is 7.58. The molecule has 0 radical (unpaired) electrons. The standard InChI is InChI=1S/C30H33N5O3/c1-22-8-7-11-24(20-22)32-30(38)35-18-16-33(17-19-35)27-13-12-25(31-28(36)23-9-3-2-4-10-23)21-26(27)29(37)34-14-5-6-15-34/h2-4,7-13,20-21H,5-6,14-19H2,1H3,(H,31,36)(H,32,38). The van der Waals surface area contributed by atoms with Crippen LogP contribution in [0.15, 0.2) is 72.8 Å². The molecule has 3 aromatic rings. The number of likely N-dealkylation sites (tertiary alicyclic amines) is 1. The fraction of sp³-hybridized carbons (Fsp3) is 0.300. The van der Waals surface area contributed by atoms with Crippen molar-refractivity contribution in [2.24, 2.45) is 0 Å². The summed E-state index contributed by atoms with van der Waals surface area (Å²) in [6.07, 6.45) is 2.00. The molecule has 0 spiro atoms. The molecule has 2 aliphatic rings. The van der Waals surface area contributed by atoms with Gasteiger partial charge in [0.15, 0.2) is 0 Å². The Morgan fingerprint density at radius 2 is 1.39 bits per heavy atom. The van der Waals surface area contributed by atoms with Crippen molar-refractivity contribution in [1.82, 2.24) is 9.80 Å². The quantitative estimate of drug-likeness (QED) is 0.514. The summed E-state index contributed by atoms with van der Waals surface area (Å²) in [5.41, 5.74) is 4.43. The first-order chi connectivity index (χ1) is 18.5. The maximum atomic E-state index is 13.5. The Morgan fingerprint density at radius 3 is 2.11 bits per heavy atom. The molecule has 2 N–H and O–H groups in total. The number of carbonyl (C=O) groups excluding carboxylic acids is 3. The minimum Gasteiger partial charge on any atom is -0.367 e. The topological polar surface area (TPSA) is 85.0 Å². The number of amides is 4. The van der Waals surface area contributed by atoms with Crippen LogP contribution in [0.1, 0.15) is 39.1 Å². The Morgan fingerprint density at radius 1 is 0.684 bits per heavy atom. The van der Waals surface area contributed by atoms with Gasteiger partial charge in [-0.25, -0.2) is 4.79 Å². The van der Waals surface area contributed by atoms with Crippen molar-refractivity contribution in [3.8, 4) is 0 Å². The molecule has 38 heavy (non-hydrogen) atoms. The van der Waals surface area contributed by atoms with E-state index < -0.39 is 0 Å².